The summed E-state index contributed by atoms with van der Waals surface area (Å²) in [7, 11) is 0. The van der Waals surface area contributed by atoms with Crippen LogP contribution in [0.4, 0.5) is 0 Å². The standard InChI is InChI=1S/C15H19N3O2/c1-10-14(20-11(2)18-10)15(19)17-9-13-5-3-12(4-6-13)7-8-16/h3-6H,7-9,16H2,1-2H3,(H,17,19). The molecule has 0 fully saturated rings. The van der Waals surface area contributed by atoms with E-state index in [-0.39, 0.29) is 11.7 Å². The first kappa shape index (κ1) is 14.3. The molecule has 0 saturated carbocycles. The van der Waals surface area contributed by atoms with E-state index in [1.807, 2.05) is 24.3 Å². The second kappa shape index (κ2) is 6.34. The van der Waals surface area contributed by atoms with Gasteiger partial charge in [0.1, 0.15) is 0 Å². The molecule has 0 unspecified atom stereocenters. The van der Waals surface area contributed by atoms with E-state index >= 15 is 0 Å². The molecule has 5 nitrogen and oxygen atoms in total. The summed E-state index contributed by atoms with van der Waals surface area (Å²) in [5, 5.41) is 2.82. The van der Waals surface area contributed by atoms with E-state index < -0.39 is 0 Å². The van der Waals surface area contributed by atoms with Gasteiger partial charge >= 0.3 is 0 Å². The molecule has 0 aliphatic heterocycles. The first-order chi connectivity index (χ1) is 9.60. The molecule has 2 aromatic rings. The van der Waals surface area contributed by atoms with Gasteiger partial charge in [-0.3, -0.25) is 4.79 Å². The lowest BCUT2D eigenvalue weighted by molar-refractivity contribution is 0.0921. The zero-order valence-electron chi connectivity index (χ0n) is 11.8. The Labute approximate surface area is 118 Å². The SMILES string of the molecule is Cc1nc(C)c(C(=O)NCc2ccc(CCN)cc2)o1. The molecule has 0 bridgehead atoms. The lowest BCUT2D eigenvalue weighted by Gasteiger charge is -2.05. The fourth-order valence-corrected chi connectivity index (χ4v) is 2.00. The van der Waals surface area contributed by atoms with Crippen molar-refractivity contribution < 1.29 is 9.21 Å². The molecule has 1 amide bonds. The van der Waals surface area contributed by atoms with E-state index in [9.17, 15) is 4.79 Å². The maximum Gasteiger partial charge on any atom is 0.289 e. The molecule has 5 heteroatoms. The molecule has 20 heavy (non-hydrogen) atoms. The van der Waals surface area contributed by atoms with E-state index in [0.717, 1.165) is 12.0 Å². The van der Waals surface area contributed by atoms with Crippen LogP contribution in [0, 0.1) is 13.8 Å². The molecule has 106 valence electrons. The average molecular weight is 273 g/mol. The number of nitrogens with two attached hydrogens (primary N) is 1. The van der Waals surface area contributed by atoms with Crippen molar-refractivity contribution in [3.63, 3.8) is 0 Å². The number of aryl methyl sites for hydroxylation is 2. The molecule has 0 radical (unpaired) electrons. The predicted octanol–water partition coefficient (Wildman–Crippen LogP) is 1.72. The van der Waals surface area contributed by atoms with Gasteiger partial charge in [0.2, 0.25) is 5.76 Å². The Morgan fingerprint density at radius 1 is 1.25 bits per heavy atom. The Bertz CT molecular complexity index is 588. The molecule has 0 saturated heterocycles. The van der Waals surface area contributed by atoms with E-state index in [4.69, 9.17) is 10.2 Å². The monoisotopic (exact) mass is 273 g/mol. The number of carbonyl (C=O) groups excluding carboxylic acids is 1. The molecule has 0 aliphatic carbocycles. The van der Waals surface area contributed by atoms with Crippen LogP contribution in [0.2, 0.25) is 0 Å². The van der Waals surface area contributed by atoms with Crippen molar-refractivity contribution in [2.45, 2.75) is 26.8 Å². The van der Waals surface area contributed by atoms with Gasteiger partial charge in [0.25, 0.3) is 5.91 Å². The zero-order chi connectivity index (χ0) is 14.5. The smallest absolute Gasteiger partial charge is 0.289 e. The van der Waals surface area contributed by atoms with Crippen molar-refractivity contribution in [1.82, 2.24) is 10.3 Å². The summed E-state index contributed by atoms with van der Waals surface area (Å²) in [4.78, 5) is 16.0. The third kappa shape index (κ3) is 3.45. The second-order valence-electron chi connectivity index (χ2n) is 4.69. The summed E-state index contributed by atoms with van der Waals surface area (Å²) < 4.78 is 5.28. The molecule has 1 heterocycles. The fraction of sp³-hybridized carbons (Fsp3) is 0.333. The highest BCUT2D eigenvalue weighted by molar-refractivity contribution is 5.92. The van der Waals surface area contributed by atoms with Crippen LogP contribution in [0.15, 0.2) is 28.7 Å². The van der Waals surface area contributed by atoms with E-state index in [2.05, 4.69) is 10.3 Å². The Morgan fingerprint density at radius 3 is 2.45 bits per heavy atom. The van der Waals surface area contributed by atoms with Crippen LogP contribution < -0.4 is 11.1 Å². The van der Waals surface area contributed by atoms with Crippen LogP contribution in [-0.2, 0) is 13.0 Å². The molecule has 0 atom stereocenters. The van der Waals surface area contributed by atoms with Gasteiger partial charge in [0.05, 0.1) is 5.69 Å². The van der Waals surface area contributed by atoms with E-state index in [0.29, 0.717) is 24.7 Å². The molecule has 2 rings (SSSR count). The van der Waals surface area contributed by atoms with Crippen molar-refractivity contribution >= 4 is 5.91 Å². The molecule has 0 spiro atoms. The normalized spacial score (nSPS) is 10.6. The summed E-state index contributed by atoms with van der Waals surface area (Å²) in [6, 6.07) is 8.03. The minimum atomic E-state index is -0.242. The Morgan fingerprint density at radius 2 is 1.90 bits per heavy atom. The summed E-state index contributed by atoms with van der Waals surface area (Å²) in [5.74, 6) is 0.537. The Kier molecular flexibility index (Phi) is 4.53. The lowest BCUT2D eigenvalue weighted by atomic mass is 10.1. The highest BCUT2D eigenvalue weighted by atomic mass is 16.4. The van der Waals surface area contributed by atoms with Gasteiger partial charge < -0.3 is 15.5 Å². The lowest BCUT2D eigenvalue weighted by Crippen LogP contribution is -2.23. The minimum absolute atomic E-state index is 0.242. The minimum Gasteiger partial charge on any atom is -0.436 e. The average Bonchev–Trinajstić information content (AvgIpc) is 2.77. The van der Waals surface area contributed by atoms with Gasteiger partial charge in [-0.05, 0) is 31.0 Å². The van der Waals surface area contributed by atoms with Crippen molar-refractivity contribution in [3.8, 4) is 0 Å². The van der Waals surface area contributed by atoms with Gasteiger partial charge in [-0.1, -0.05) is 24.3 Å². The number of nitrogens with one attached hydrogen (secondary N) is 1. The third-order valence-corrected chi connectivity index (χ3v) is 3.02. The number of benzene rings is 1. The van der Waals surface area contributed by atoms with Crippen molar-refractivity contribution in [2.75, 3.05) is 6.54 Å². The molecular formula is C15H19N3O2. The number of carbonyl (C=O) groups is 1. The molecule has 3 N–H and O–H groups in total. The zero-order valence-corrected chi connectivity index (χ0v) is 11.8. The highest BCUT2D eigenvalue weighted by Gasteiger charge is 2.15. The number of hydrogen-bond donors (Lipinski definition) is 2. The summed E-state index contributed by atoms with van der Waals surface area (Å²) >= 11 is 0. The maximum absolute atomic E-state index is 12.0. The molecule has 1 aromatic carbocycles. The number of nitrogens with zero attached hydrogens (tertiary/aromatic N) is 1. The van der Waals surface area contributed by atoms with Crippen LogP contribution in [0.3, 0.4) is 0 Å². The van der Waals surface area contributed by atoms with E-state index in [1.54, 1.807) is 13.8 Å². The first-order valence-electron chi connectivity index (χ1n) is 6.60. The highest BCUT2D eigenvalue weighted by Crippen LogP contribution is 2.10. The van der Waals surface area contributed by atoms with Gasteiger partial charge in [-0.15, -0.1) is 0 Å². The number of hydrogen-bond acceptors (Lipinski definition) is 4. The first-order valence-corrected chi connectivity index (χ1v) is 6.60. The number of aromatic nitrogens is 1. The fourth-order valence-electron chi connectivity index (χ4n) is 2.00. The largest absolute Gasteiger partial charge is 0.436 e. The molecular weight excluding hydrogens is 254 g/mol. The van der Waals surface area contributed by atoms with Crippen LogP contribution >= 0.6 is 0 Å². The topological polar surface area (TPSA) is 81.2 Å². The van der Waals surface area contributed by atoms with Gasteiger partial charge in [0, 0.05) is 13.5 Å². The van der Waals surface area contributed by atoms with Gasteiger partial charge in [-0.2, -0.15) is 0 Å². The number of amides is 1. The van der Waals surface area contributed by atoms with Crippen LogP contribution in [0.1, 0.15) is 33.3 Å². The molecule has 0 aliphatic rings. The van der Waals surface area contributed by atoms with Crippen molar-refractivity contribution in [2.24, 2.45) is 5.73 Å². The summed E-state index contributed by atoms with van der Waals surface area (Å²) in [6.45, 7) is 4.58. The number of rotatable bonds is 5. The maximum atomic E-state index is 12.0. The third-order valence-electron chi connectivity index (χ3n) is 3.02. The quantitative estimate of drug-likeness (QED) is 0.869. The molecule has 1 aromatic heterocycles. The van der Waals surface area contributed by atoms with Crippen molar-refractivity contribution in [1.29, 1.82) is 0 Å². The predicted molar refractivity (Wildman–Crippen MR) is 76.3 cm³/mol. The van der Waals surface area contributed by atoms with Crippen molar-refractivity contribution in [3.05, 3.63) is 52.7 Å². The van der Waals surface area contributed by atoms with Crippen LogP contribution in [0.5, 0.6) is 0 Å². The Balaban J connectivity index is 1.94. The summed E-state index contributed by atoms with van der Waals surface area (Å²) in [6.07, 6.45) is 0.864. The second-order valence-corrected chi connectivity index (χ2v) is 4.69. The van der Waals surface area contributed by atoms with Gasteiger partial charge in [-0.25, -0.2) is 4.98 Å². The number of oxazole rings is 1. The van der Waals surface area contributed by atoms with Gasteiger partial charge in [0.15, 0.2) is 5.89 Å². The summed E-state index contributed by atoms with van der Waals surface area (Å²) in [5.41, 5.74) is 8.35. The Hall–Kier alpha value is -2.14. The van der Waals surface area contributed by atoms with Crippen LogP contribution in [0.25, 0.3) is 0 Å². The van der Waals surface area contributed by atoms with E-state index in [1.165, 1.54) is 5.56 Å². The van der Waals surface area contributed by atoms with Crippen LogP contribution in [-0.4, -0.2) is 17.4 Å².